The van der Waals surface area contributed by atoms with Crippen LogP contribution in [-0.4, -0.2) is 14.1 Å². The van der Waals surface area contributed by atoms with Crippen molar-refractivity contribution in [3.8, 4) is 11.5 Å². The van der Waals surface area contributed by atoms with E-state index in [9.17, 15) is 0 Å². The summed E-state index contributed by atoms with van der Waals surface area (Å²) in [4.78, 5) is 2.06. The minimum absolute atomic E-state index is 0.355. The lowest BCUT2D eigenvalue weighted by Gasteiger charge is -2.14. The van der Waals surface area contributed by atoms with Crippen molar-refractivity contribution in [2.24, 2.45) is 0 Å². The van der Waals surface area contributed by atoms with Gasteiger partial charge in [0.05, 0.1) is 0 Å². The molecule has 0 amide bonds. The molecule has 1 radical (unpaired) electrons. The Morgan fingerprint density at radius 2 is 1.72 bits per heavy atom. The summed E-state index contributed by atoms with van der Waals surface area (Å²) in [6.07, 6.45) is -0.355. The molecule has 3 rings (SSSR count). The van der Waals surface area contributed by atoms with Crippen molar-refractivity contribution in [1.29, 1.82) is 0 Å². The van der Waals surface area contributed by atoms with E-state index >= 15 is 0 Å². The summed E-state index contributed by atoms with van der Waals surface area (Å²) < 4.78 is 11.5. The van der Waals surface area contributed by atoms with Gasteiger partial charge in [-0.1, -0.05) is 6.07 Å². The van der Waals surface area contributed by atoms with Crippen LogP contribution >= 0.6 is 0 Å². The van der Waals surface area contributed by atoms with Crippen LogP contribution in [0, 0.1) is 6.07 Å². The van der Waals surface area contributed by atoms with Crippen LogP contribution in [0.5, 0.6) is 11.5 Å². The van der Waals surface area contributed by atoms with E-state index in [0.717, 1.165) is 22.7 Å². The Morgan fingerprint density at radius 3 is 2.39 bits per heavy atom. The Bertz CT molecular complexity index is 524. The van der Waals surface area contributed by atoms with Crippen LogP contribution in [0.2, 0.25) is 0 Å². The molecule has 3 nitrogen and oxygen atoms in total. The maximum absolute atomic E-state index is 5.74. The number of ether oxygens (including phenoxy) is 2. The first-order chi connectivity index (χ1) is 8.74. The second kappa shape index (κ2) is 4.26. The van der Waals surface area contributed by atoms with Gasteiger partial charge < -0.3 is 14.4 Å². The Balaban J connectivity index is 1.82. The first-order valence-corrected chi connectivity index (χ1v) is 5.85. The van der Waals surface area contributed by atoms with Crippen LogP contribution in [0.3, 0.4) is 0 Å². The summed E-state index contributed by atoms with van der Waals surface area (Å²) in [6, 6.07) is 16.6. The summed E-state index contributed by atoms with van der Waals surface area (Å²) in [5.41, 5.74) is 2.17. The maximum Gasteiger partial charge on any atom is 0.267 e. The standard InChI is InChI=1S/C15H14NO2/c1-16(2)12-9-7-11(8-10-12)15-17-13-5-3-4-6-14(13)18-15/h3,5-10,15H,1-2H3. The first-order valence-electron chi connectivity index (χ1n) is 5.85. The molecule has 0 saturated heterocycles. The van der Waals surface area contributed by atoms with E-state index in [0.29, 0.717) is 0 Å². The van der Waals surface area contributed by atoms with Gasteiger partial charge in [0.25, 0.3) is 6.29 Å². The van der Waals surface area contributed by atoms with Gasteiger partial charge in [0.15, 0.2) is 11.5 Å². The first kappa shape index (κ1) is 11.0. The molecule has 3 heteroatoms. The average molecular weight is 240 g/mol. The number of nitrogens with zero attached hydrogens (tertiary/aromatic N) is 1. The molecule has 0 saturated carbocycles. The van der Waals surface area contributed by atoms with Crippen LogP contribution in [0.15, 0.2) is 42.5 Å². The monoisotopic (exact) mass is 240 g/mol. The van der Waals surface area contributed by atoms with Crippen molar-refractivity contribution in [2.75, 3.05) is 19.0 Å². The molecule has 2 aromatic carbocycles. The third-order valence-corrected chi connectivity index (χ3v) is 2.94. The molecule has 1 atom stereocenters. The van der Waals surface area contributed by atoms with E-state index in [-0.39, 0.29) is 6.29 Å². The molecule has 0 spiro atoms. The van der Waals surface area contributed by atoms with Crippen molar-refractivity contribution >= 4 is 5.69 Å². The zero-order valence-electron chi connectivity index (χ0n) is 10.4. The molecule has 0 aliphatic carbocycles. The van der Waals surface area contributed by atoms with E-state index in [1.807, 2.05) is 38.4 Å². The molecule has 0 fully saturated rings. The molecular formula is C15H14NO2. The Morgan fingerprint density at radius 1 is 1.00 bits per heavy atom. The number of anilines is 1. The molecule has 0 aromatic heterocycles. The van der Waals surface area contributed by atoms with Crippen molar-refractivity contribution in [3.63, 3.8) is 0 Å². The molecule has 2 aromatic rings. The highest BCUT2D eigenvalue weighted by Crippen LogP contribution is 2.39. The minimum Gasteiger partial charge on any atom is -0.447 e. The summed E-state index contributed by atoms with van der Waals surface area (Å²) >= 11 is 0. The molecule has 91 valence electrons. The van der Waals surface area contributed by atoms with Gasteiger partial charge in [-0.2, -0.15) is 0 Å². The highest BCUT2D eigenvalue weighted by Gasteiger charge is 2.25. The van der Waals surface area contributed by atoms with Gasteiger partial charge in [-0.05, 0) is 42.5 Å². The zero-order valence-corrected chi connectivity index (χ0v) is 10.4. The number of hydrogen-bond acceptors (Lipinski definition) is 3. The Labute approximate surface area is 107 Å². The van der Waals surface area contributed by atoms with Gasteiger partial charge in [-0.25, -0.2) is 0 Å². The van der Waals surface area contributed by atoms with Gasteiger partial charge in [-0.3, -0.25) is 0 Å². The summed E-state index contributed by atoms with van der Waals surface area (Å²) in [5, 5.41) is 0. The predicted octanol–water partition coefficient (Wildman–Crippen LogP) is 3.02. The molecule has 1 unspecified atom stereocenters. The second-order valence-corrected chi connectivity index (χ2v) is 4.43. The third kappa shape index (κ3) is 1.88. The molecular weight excluding hydrogens is 226 g/mol. The Kier molecular flexibility index (Phi) is 2.59. The van der Waals surface area contributed by atoms with E-state index < -0.39 is 0 Å². The second-order valence-electron chi connectivity index (χ2n) is 4.43. The topological polar surface area (TPSA) is 21.7 Å². The summed E-state index contributed by atoms with van der Waals surface area (Å²) in [7, 11) is 4.03. The minimum atomic E-state index is -0.355. The van der Waals surface area contributed by atoms with Crippen LogP contribution < -0.4 is 14.4 Å². The van der Waals surface area contributed by atoms with Gasteiger partial charge >= 0.3 is 0 Å². The van der Waals surface area contributed by atoms with Crippen molar-refractivity contribution < 1.29 is 9.47 Å². The highest BCUT2D eigenvalue weighted by molar-refractivity contribution is 5.47. The lowest BCUT2D eigenvalue weighted by atomic mass is 10.2. The molecule has 0 N–H and O–H groups in total. The van der Waals surface area contributed by atoms with Crippen LogP contribution in [0.25, 0.3) is 0 Å². The number of benzene rings is 2. The average Bonchev–Trinajstić information content (AvgIpc) is 2.82. The third-order valence-electron chi connectivity index (χ3n) is 2.94. The largest absolute Gasteiger partial charge is 0.447 e. The number of hydrogen-bond donors (Lipinski definition) is 0. The van der Waals surface area contributed by atoms with Crippen molar-refractivity contribution in [2.45, 2.75) is 6.29 Å². The van der Waals surface area contributed by atoms with Crippen LogP contribution in [0.4, 0.5) is 5.69 Å². The van der Waals surface area contributed by atoms with Gasteiger partial charge in [0.2, 0.25) is 0 Å². The van der Waals surface area contributed by atoms with Gasteiger partial charge in [0, 0.05) is 25.3 Å². The van der Waals surface area contributed by atoms with E-state index in [1.54, 1.807) is 6.07 Å². The number of rotatable bonds is 2. The van der Waals surface area contributed by atoms with E-state index in [2.05, 4.69) is 23.1 Å². The smallest absolute Gasteiger partial charge is 0.267 e. The fraction of sp³-hybridized carbons (Fsp3) is 0.200. The zero-order chi connectivity index (χ0) is 12.5. The lowest BCUT2D eigenvalue weighted by molar-refractivity contribution is 0.0487. The van der Waals surface area contributed by atoms with Crippen LogP contribution in [0.1, 0.15) is 11.9 Å². The summed E-state index contributed by atoms with van der Waals surface area (Å²) in [6.45, 7) is 0. The SMILES string of the molecule is CN(C)c1ccc(C2Oc3c[c]ccc3O2)cc1. The molecule has 18 heavy (non-hydrogen) atoms. The fourth-order valence-electron chi connectivity index (χ4n) is 1.91. The molecule has 1 aliphatic heterocycles. The van der Waals surface area contributed by atoms with Gasteiger partial charge in [-0.15, -0.1) is 0 Å². The lowest BCUT2D eigenvalue weighted by Crippen LogP contribution is -2.10. The molecule has 1 heterocycles. The van der Waals surface area contributed by atoms with Gasteiger partial charge in [0.1, 0.15) is 0 Å². The highest BCUT2D eigenvalue weighted by atomic mass is 16.7. The van der Waals surface area contributed by atoms with Crippen molar-refractivity contribution in [3.05, 3.63) is 54.1 Å². The molecule has 1 aliphatic rings. The molecule has 0 bridgehead atoms. The number of fused-ring (bicyclic) bond motifs is 1. The summed E-state index contributed by atoms with van der Waals surface area (Å²) in [5.74, 6) is 1.52. The maximum atomic E-state index is 5.74. The quantitative estimate of drug-likeness (QED) is 0.805. The van der Waals surface area contributed by atoms with E-state index in [1.165, 1.54) is 0 Å². The van der Waals surface area contributed by atoms with E-state index in [4.69, 9.17) is 9.47 Å². The predicted molar refractivity (Wildman–Crippen MR) is 70.0 cm³/mol. The normalized spacial score (nSPS) is 13.7. The fourth-order valence-corrected chi connectivity index (χ4v) is 1.91. The van der Waals surface area contributed by atoms with Crippen LogP contribution in [-0.2, 0) is 0 Å². The Hall–Kier alpha value is -2.16. The van der Waals surface area contributed by atoms with Crippen molar-refractivity contribution in [1.82, 2.24) is 0 Å².